The van der Waals surface area contributed by atoms with Crippen molar-refractivity contribution in [2.24, 2.45) is 0 Å². The number of rotatable bonds is 25. The number of hydrogen-bond donors (Lipinski definition) is 0. The summed E-state index contributed by atoms with van der Waals surface area (Å²) in [6.07, 6.45) is 12.0. The Balaban J connectivity index is 0.000000477. The van der Waals surface area contributed by atoms with Crippen LogP contribution in [0.2, 0.25) is 72.5 Å². The summed E-state index contributed by atoms with van der Waals surface area (Å²) >= 11 is -1.02. The molecule has 4 nitrogen and oxygen atoms in total. The number of hydrogen-bond acceptors (Lipinski definition) is 4. The van der Waals surface area contributed by atoms with Crippen molar-refractivity contribution in [3.05, 3.63) is 130 Å². The zero-order valence-corrected chi connectivity index (χ0v) is 49.0. The first-order chi connectivity index (χ1) is 31.4. The Morgan fingerprint density at radius 3 is 0.892 bits per heavy atom. The van der Waals surface area contributed by atoms with E-state index in [0.29, 0.717) is 7.25 Å². The molecule has 0 aromatic heterocycles. The van der Waals surface area contributed by atoms with Gasteiger partial charge in [0.25, 0.3) is 0 Å². The molecule has 0 amide bonds. The SMILES string of the molecule is CC[Si](CC)(CC)Oc1cc2c(cc1O[Si](CC)(CC)CC)[CH]([Zr][CH]1C=Cc3cc(O[Si](CC)(CC)CC)c(O[Si](CC)(CC)CC)cc31)C=C2.c1ccc(CCc2ccccc2)cc1. The number of benzene rings is 4. The average molecular weight is 1020 g/mol. The van der Waals surface area contributed by atoms with Gasteiger partial charge >= 0.3 is 331 Å². The largest absolute Gasteiger partial charge is 0.0622 e. The molecular weight excluding hydrogens is 940 g/mol. The number of fused-ring (bicyclic) bond motifs is 2. The van der Waals surface area contributed by atoms with Crippen LogP contribution in [0.4, 0.5) is 0 Å². The Bertz CT molecular complexity index is 1940. The van der Waals surface area contributed by atoms with Crippen LogP contribution in [-0.4, -0.2) is 33.3 Å². The molecule has 4 aromatic rings. The summed E-state index contributed by atoms with van der Waals surface area (Å²) in [7, 11) is -7.56. The molecule has 0 fully saturated rings. The molecule has 352 valence electrons. The molecule has 0 aliphatic heterocycles. The van der Waals surface area contributed by atoms with Gasteiger partial charge in [-0.25, -0.2) is 0 Å². The van der Waals surface area contributed by atoms with Gasteiger partial charge in [0.15, 0.2) is 0 Å². The van der Waals surface area contributed by atoms with Crippen molar-refractivity contribution in [3.63, 3.8) is 0 Å². The Morgan fingerprint density at radius 1 is 0.369 bits per heavy atom. The van der Waals surface area contributed by atoms with Crippen LogP contribution in [0.5, 0.6) is 23.0 Å². The second-order valence-electron chi connectivity index (χ2n) is 18.6. The molecule has 0 saturated carbocycles. The van der Waals surface area contributed by atoms with E-state index < -0.39 is 56.5 Å². The second-order valence-corrected chi connectivity index (χ2v) is 41.2. The summed E-state index contributed by atoms with van der Waals surface area (Å²) in [4.78, 5) is 0. The average Bonchev–Trinajstić information content (AvgIpc) is 3.95. The fraction of sp³-hybridized carbons (Fsp3) is 0.500. The Morgan fingerprint density at radius 2 is 0.631 bits per heavy atom. The number of aryl methyl sites for hydroxylation is 2. The van der Waals surface area contributed by atoms with Gasteiger partial charge < -0.3 is 0 Å². The van der Waals surface area contributed by atoms with Crippen molar-refractivity contribution < 1.29 is 40.9 Å². The van der Waals surface area contributed by atoms with Crippen molar-refractivity contribution in [2.45, 2.75) is 176 Å². The van der Waals surface area contributed by atoms with Crippen molar-refractivity contribution in [1.82, 2.24) is 0 Å². The topological polar surface area (TPSA) is 36.9 Å². The molecule has 65 heavy (non-hydrogen) atoms. The van der Waals surface area contributed by atoms with E-state index in [4.69, 9.17) is 17.7 Å². The predicted molar refractivity (Wildman–Crippen MR) is 288 cm³/mol. The van der Waals surface area contributed by atoms with Gasteiger partial charge in [0, 0.05) is 0 Å². The zero-order chi connectivity index (χ0) is 47.1. The summed E-state index contributed by atoms with van der Waals surface area (Å²) in [5.41, 5.74) is 8.43. The minimum Gasteiger partial charge on any atom is -0.0622 e. The fourth-order valence-electron chi connectivity index (χ4n) is 9.80. The molecule has 0 heterocycles. The standard InChI is InChI=1S/2C21H35O2Si2.C14H14.Zr/c2*1-7-24(8-2,9-3)22-20-16-18-14-13-15-19(18)17-21(20)23-25(10-4,11-5)12-6;1-3-7-13(8-4-1)11-12-14-9-5-2-6-10-14;/h2*13-17H,7-12H2,1-6H3;1-10H,11-12H2;. The fourth-order valence-corrected chi connectivity index (χ4v) is 24.1. The third kappa shape index (κ3) is 13.1. The van der Waals surface area contributed by atoms with Crippen LogP contribution in [0.15, 0.2) is 97.1 Å². The molecule has 0 N–H and O–H groups in total. The van der Waals surface area contributed by atoms with Crippen LogP contribution in [0.3, 0.4) is 0 Å². The minimum absolute atomic E-state index is 0.489. The molecule has 4 aromatic carbocycles. The Hall–Kier alpha value is -2.69. The maximum Gasteiger partial charge on any atom is -0.0238 e. The summed E-state index contributed by atoms with van der Waals surface area (Å²) in [5, 5.41) is 0. The smallest absolute Gasteiger partial charge is 0.0238 e. The Labute approximate surface area is 412 Å². The van der Waals surface area contributed by atoms with E-state index in [-0.39, 0.29) is 0 Å². The van der Waals surface area contributed by atoms with E-state index in [2.05, 4.69) is 192 Å². The summed E-state index contributed by atoms with van der Waals surface area (Å²) in [5.74, 6) is 4.08. The van der Waals surface area contributed by atoms with Gasteiger partial charge in [-0.1, -0.05) is 60.7 Å². The first-order valence-corrected chi connectivity index (χ1v) is 38.7. The maximum absolute atomic E-state index is 7.22. The monoisotopic (exact) mass is 1020 g/mol. The van der Waals surface area contributed by atoms with Crippen LogP contribution in [0.25, 0.3) is 12.2 Å². The molecule has 2 aliphatic carbocycles. The van der Waals surface area contributed by atoms with Crippen LogP contribution < -0.4 is 17.7 Å². The van der Waals surface area contributed by atoms with Gasteiger partial charge in [-0.15, -0.1) is 0 Å². The van der Waals surface area contributed by atoms with E-state index in [1.54, 1.807) is 0 Å². The van der Waals surface area contributed by atoms with Crippen LogP contribution in [-0.2, 0) is 36.1 Å². The Kier molecular flexibility index (Phi) is 20.5. The maximum atomic E-state index is 7.22. The van der Waals surface area contributed by atoms with Gasteiger partial charge in [0.1, 0.15) is 0 Å². The predicted octanol–water partition coefficient (Wildman–Crippen LogP) is 17.6. The van der Waals surface area contributed by atoms with Gasteiger partial charge in [0.2, 0.25) is 0 Å². The van der Waals surface area contributed by atoms with Gasteiger partial charge in [0.05, 0.1) is 0 Å². The molecule has 0 bridgehead atoms. The molecule has 2 aliphatic rings. The van der Waals surface area contributed by atoms with Gasteiger partial charge in [-0.2, -0.15) is 0 Å². The van der Waals surface area contributed by atoms with Crippen LogP contribution in [0, 0.1) is 0 Å². The first-order valence-electron chi connectivity index (χ1n) is 25.8. The third-order valence-electron chi connectivity index (χ3n) is 15.7. The normalized spacial score (nSPS) is 15.5. The molecule has 6 rings (SSSR count). The molecule has 0 radical (unpaired) electrons. The molecule has 0 spiro atoms. The number of allylic oxidation sites excluding steroid dienone is 2. The van der Waals surface area contributed by atoms with Crippen LogP contribution in [0.1, 0.15) is 124 Å². The van der Waals surface area contributed by atoms with Crippen molar-refractivity contribution >= 4 is 45.4 Å². The van der Waals surface area contributed by atoms with E-state index in [1.807, 2.05) is 0 Å². The van der Waals surface area contributed by atoms with Gasteiger partial charge in [-0.05, 0) is 24.0 Å². The second kappa shape index (κ2) is 25.1. The van der Waals surface area contributed by atoms with Crippen LogP contribution >= 0.6 is 0 Å². The van der Waals surface area contributed by atoms with Crippen molar-refractivity contribution in [1.29, 1.82) is 0 Å². The molecule has 9 heteroatoms. The first kappa shape index (κ1) is 53.3. The van der Waals surface area contributed by atoms with E-state index in [1.165, 1.54) is 33.4 Å². The van der Waals surface area contributed by atoms with Crippen molar-refractivity contribution in [3.8, 4) is 23.0 Å². The van der Waals surface area contributed by atoms with E-state index in [0.717, 1.165) is 108 Å². The van der Waals surface area contributed by atoms with E-state index in [9.17, 15) is 0 Å². The summed E-state index contributed by atoms with van der Waals surface area (Å²) < 4.78 is 29.7. The minimum atomic E-state index is -1.90. The van der Waals surface area contributed by atoms with Crippen molar-refractivity contribution in [2.75, 3.05) is 0 Å². The van der Waals surface area contributed by atoms with Gasteiger partial charge in [-0.3, -0.25) is 0 Å². The molecular formula is C56H84O4Si4Zr. The summed E-state index contributed by atoms with van der Waals surface area (Å²) in [6, 6.07) is 44.4. The molecule has 2 unspecified atom stereocenters. The summed E-state index contributed by atoms with van der Waals surface area (Å²) in [6.45, 7) is 27.9. The third-order valence-corrected chi connectivity index (χ3v) is 38.0. The quantitative estimate of drug-likeness (QED) is 0.0620. The molecule has 0 saturated heterocycles. The van der Waals surface area contributed by atoms with E-state index >= 15 is 0 Å². The molecule has 2 atom stereocenters. The zero-order valence-electron chi connectivity index (χ0n) is 42.6.